The average molecular weight is 1600 g/mol. The highest BCUT2D eigenvalue weighted by Gasteiger charge is 2.36. The van der Waals surface area contributed by atoms with Crippen LogP contribution in [0.4, 0.5) is 24.8 Å². The maximum Gasteiger partial charge on any atom is 0.433 e. The van der Waals surface area contributed by atoms with Crippen molar-refractivity contribution in [3.05, 3.63) is 295 Å². The van der Waals surface area contributed by atoms with E-state index in [0.29, 0.717) is 87.7 Å². The second kappa shape index (κ2) is 39.4. The summed E-state index contributed by atoms with van der Waals surface area (Å²) >= 11 is 18.0. The van der Waals surface area contributed by atoms with Gasteiger partial charge in [0.15, 0.2) is 11.5 Å². The van der Waals surface area contributed by atoms with E-state index in [1.54, 1.807) is 173 Å². The van der Waals surface area contributed by atoms with Gasteiger partial charge in [0, 0.05) is 53.1 Å². The van der Waals surface area contributed by atoms with Crippen LogP contribution in [0.25, 0.3) is 40.7 Å². The van der Waals surface area contributed by atoms with Gasteiger partial charge in [0.05, 0.1) is 65.6 Å². The molecule has 1 aliphatic heterocycles. The van der Waals surface area contributed by atoms with Gasteiger partial charge in [0.25, 0.3) is 41.2 Å². The van der Waals surface area contributed by atoms with Gasteiger partial charge in [-0.1, -0.05) is 64.6 Å². The monoisotopic (exact) mass is 1590 g/mol. The van der Waals surface area contributed by atoms with Crippen LogP contribution < -0.4 is 38.0 Å². The lowest BCUT2D eigenvalue weighted by Crippen LogP contribution is -2.37. The van der Waals surface area contributed by atoms with Crippen molar-refractivity contribution in [1.29, 1.82) is 5.26 Å². The lowest BCUT2D eigenvalue weighted by molar-refractivity contribution is -0.142. The second-order valence-electron chi connectivity index (χ2n) is 23.1. The summed E-state index contributed by atoms with van der Waals surface area (Å²) in [5.74, 6) is -1.19. The minimum absolute atomic E-state index is 0.0113. The van der Waals surface area contributed by atoms with E-state index in [-0.39, 0.29) is 63.7 Å². The normalized spacial score (nSPS) is 12.3. The number of carbonyl (C=O) groups is 8. The van der Waals surface area contributed by atoms with E-state index in [2.05, 4.69) is 62.6 Å². The SMILES string of the molecule is CC1=C(C#N)C(=O)NC(=O)/C1=C/c1ccc(-c2ccc(Cl)cc2Cl)o1.Cc1ccc(C(=O)N/C(=C/c2ccco2)C(=O)N(C)C)cc1.Nc1nc2nc(-c3ccco3)cc(C(F)(F)F)n2n1.O=C(CC(=O)N/N=C/c1ccco1)N/N=C/c1ccco1.O=C(N/N=C/c1ccco1)c1ccc(NC(=O)c2ccccc2Cl)cc1. The maximum absolute atomic E-state index is 13.0. The van der Waals surface area contributed by atoms with Crippen LogP contribution in [-0.2, 0) is 30.1 Å². The predicted octanol–water partition coefficient (Wildman–Crippen LogP) is 13.4. The number of hydrazone groups is 3. The van der Waals surface area contributed by atoms with Gasteiger partial charge in [-0.15, -0.1) is 5.10 Å². The molecule has 0 fully saturated rings. The highest BCUT2D eigenvalue weighted by molar-refractivity contribution is 6.36. The summed E-state index contributed by atoms with van der Waals surface area (Å²) in [6, 6.07) is 48.0. The summed E-state index contributed by atoms with van der Waals surface area (Å²) in [5, 5.41) is 32.4. The van der Waals surface area contributed by atoms with Crippen LogP contribution in [0, 0.1) is 18.3 Å². The largest absolute Gasteiger partial charge is 0.465 e. The van der Waals surface area contributed by atoms with Crippen molar-refractivity contribution in [2.45, 2.75) is 26.4 Å². The standard InChI is InChI=1S/C19H14ClN3O3.C18H10Cl2N2O3.C17H18N2O3.C13H12N4O4.C10H6F3N5O/c20-17-6-2-1-5-16(17)19(25)22-14-9-7-13(8-10-14)18(24)23-21-12-15-4-3-11-26-15;1-9-13(17(23)22-18(24)14(9)8-21)7-11-3-5-16(25-11)12-4-2-10(19)6-15(12)20;1-12-6-8-13(9-7-12)16(20)18-15(17(21)19(2)3)11-14-5-4-10-22-14;18-12(16-14-8-10-3-1-5-20-10)7-13(19)17-15-9-11-4-2-6-21-11;11-10(12,13)7-4-5(6-2-1-3-19-6)15-9-16-8(14)17-18(7)9/h1-12H,(H,22,25)(H,23,24);2-7H,1H3,(H,22,23,24);4-11H,1-3H3,(H,18,20);1-6,8-9H,7H2,(H,16,18)(H,17,19);1-4H,(H2,14,17)/b21-12+;13-7+;15-11+;14-8+,15-9+;. The fourth-order valence-corrected chi connectivity index (χ4v) is 10.0. The van der Waals surface area contributed by atoms with Gasteiger partial charge in [0.2, 0.25) is 17.8 Å². The minimum Gasteiger partial charge on any atom is -0.465 e. The number of hydrogen-bond acceptors (Lipinski definition) is 22. The molecule has 36 heteroatoms. The molecule has 12 aromatic rings. The Bertz CT molecular complexity index is 5530. The zero-order valence-corrected chi connectivity index (χ0v) is 61.5. The summed E-state index contributed by atoms with van der Waals surface area (Å²) < 4.78 is 70.4. The molecule has 0 spiro atoms. The molecule has 8 aromatic heterocycles. The predicted molar refractivity (Wildman–Crippen MR) is 409 cm³/mol. The molecule has 574 valence electrons. The Morgan fingerprint density at radius 1 is 0.619 bits per heavy atom. The van der Waals surface area contributed by atoms with Crippen molar-refractivity contribution in [2.24, 2.45) is 15.3 Å². The number of alkyl halides is 3. The van der Waals surface area contributed by atoms with Crippen molar-refractivity contribution in [3.8, 4) is 28.8 Å². The van der Waals surface area contributed by atoms with Crippen LogP contribution in [-0.4, -0.2) is 104 Å². The topological polar surface area (TPSA) is 421 Å². The van der Waals surface area contributed by atoms with Gasteiger partial charge in [-0.2, -0.15) is 43.2 Å². The third kappa shape index (κ3) is 24.1. The Labute approximate surface area is 652 Å². The molecule has 8 N–H and O–H groups in total. The smallest absolute Gasteiger partial charge is 0.433 e. The Morgan fingerprint density at radius 3 is 1.73 bits per heavy atom. The van der Waals surface area contributed by atoms with Crippen LogP contribution in [0.2, 0.25) is 15.1 Å². The van der Waals surface area contributed by atoms with E-state index in [1.165, 1.54) is 73.1 Å². The Morgan fingerprint density at radius 2 is 1.19 bits per heavy atom. The first-order valence-electron chi connectivity index (χ1n) is 32.7. The quantitative estimate of drug-likeness (QED) is 0.0138. The summed E-state index contributed by atoms with van der Waals surface area (Å²) in [6.45, 7) is 3.49. The lowest BCUT2D eigenvalue weighted by atomic mass is 9.96. The number of nitrogens with one attached hydrogen (secondary N) is 6. The number of rotatable bonds is 18. The van der Waals surface area contributed by atoms with Crippen molar-refractivity contribution in [2.75, 3.05) is 25.1 Å². The number of hydrogen-bond donors (Lipinski definition) is 7. The van der Waals surface area contributed by atoms with E-state index in [1.807, 2.05) is 19.1 Å². The van der Waals surface area contributed by atoms with Crippen molar-refractivity contribution in [3.63, 3.8) is 0 Å². The summed E-state index contributed by atoms with van der Waals surface area (Å²) in [4.78, 5) is 104. The first-order chi connectivity index (χ1) is 54.2. The van der Waals surface area contributed by atoms with Crippen LogP contribution in [0.1, 0.15) is 84.5 Å². The molecule has 0 atom stereocenters. The number of imide groups is 1. The van der Waals surface area contributed by atoms with Crippen molar-refractivity contribution < 1.29 is 78.0 Å². The number of benzene rings is 4. The number of nitrogens with zero attached hydrogens (tertiary/aromatic N) is 9. The molecule has 8 amide bonds. The number of nitrogen functional groups attached to an aromatic ring is 1. The number of likely N-dealkylation sites (N-methyl/N-ethyl adjacent to an activating group) is 1. The molecular weight excluding hydrogens is 1540 g/mol. The van der Waals surface area contributed by atoms with E-state index in [9.17, 15) is 51.5 Å². The number of nitriles is 1. The molecule has 30 nitrogen and oxygen atoms in total. The fourth-order valence-electron chi connectivity index (χ4n) is 9.29. The molecule has 113 heavy (non-hydrogen) atoms. The van der Waals surface area contributed by atoms with E-state index >= 15 is 0 Å². The molecule has 9 heterocycles. The molecule has 4 aromatic carbocycles. The molecule has 13 rings (SSSR count). The van der Waals surface area contributed by atoms with Crippen molar-refractivity contribution >= 4 is 130 Å². The number of aromatic nitrogens is 4. The zero-order chi connectivity index (χ0) is 81.1. The van der Waals surface area contributed by atoms with Gasteiger partial charge in [0.1, 0.15) is 64.0 Å². The molecule has 0 unspecified atom stereocenters. The van der Waals surface area contributed by atoms with Crippen LogP contribution in [0.3, 0.4) is 0 Å². The minimum atomic E-state index is -4.61. The Hall–Kier alpha value is -14.8. The van der Waals surface area contributed by atoms with E-state index in [4.69, 9.17) is 72.3 Å². The molecule has 0 saturated heterocycles. The fraction of sp³-hybridized carbons (Fsp3) is 0.0779. The highest BCUT2D eigenvalue weighted by atomic mass is 35.5. The number of amides is 8. The number of carbonyl (C=O) groups excluding carboxylic acids is 8. The third-order valence-electron chi connectivity index (χ3n) is 14.7. The van der Waals surface area contributed by atoms with E-state index < -0.39 is 41.9 Å². The summed E-state index contributed by atoms with van der Waals surface area (Å²) in [5.41, 5.74) is 15.2. The summed E-state index contributed by atoms with van der Waals surface area (Å²) in [7, 11) is 3.24. The molecule has 0 bridgehead atoms. The van der Waals surface area contributed by atoms with Gasteiger partial charge < -0.3 is 47.8 Å². The number of nitrogens with two attached hydrogens (primary N) is 1. The van der Waals surface area contributed by atoms with Gasteiger partial charge in [-0.05, 0) is 171 Å². The average Bonchev–Trinajstić information content (AvgIpc) is 1.62. The number of fused-ring (bicyclic) bond motifs is 1. The molecule has 0 saturated carbocycles. The second-order valence-corrected chi connectivity index (χ2v) is 24.3. The first-order valence-corrected chi connectivity index (χ1v) is 33.8. The Balaban J connectivity index is 0.000000163. The lowest BCUT2D eigenvalue weighted by Gasteiger charge is -2.15. The number of furan rings is 6. The number of halogens is 6. The Kier molecular flexibility index (Phi) is 28.7. The molecule has 0 radical (unpaired) electrons. The highest BCUT2D eigenvalue weighted by Crippen LogP contribution is 2.34. The van der Waals surface area contributed by atoms with Gasteiger partial charge >= 0.3 is 6.18 Å². The molecule has 1 aliphatic rings. The molecular formula is C77H60Cl3F3N16O14. The van der Waals surface area contributed by atoms with Crippen LogP contribution in [0.15, 0.2) is 265 Å². The van der Waals surface area contributed by atoms with E-state index in [0.717, 1.165) is 11.6 Å². The van der Waals surface area contributed by atoms with Gasteiger partial charge in [-0.3, -0.25) is 43.7 Å². The zero-order valence-electron chi connectivity index (χ0n) is 59.2. The molecule has 0 aliphatic carbocycles. The van der Waals surface area contributed by atoms with Crippen LogP contribution >= 0.6 is 34.8 Å². The van der Waals surface area contributed by atoms with Gasteiger partial charge in [-0.25, -0.2) is 21.3 Å². The number of anilines is 2. The van der Waals surface area contributed by atoms with Crippen LogP contribution in [0.5, 0.6) is 0 Å². The first kappa shape index (κ1) is 82.3. The maximum atomic E-state index is 13.0. The third-order valence-corrected chi connectivity index (χ3v) is 15.6. The summed E-state index contributed by atoms with van der Waals surface area (Å²) in [6.07, 6.45) is 9.34. The number of aryl methyl sites for hydroxylation is 1. The van der Waals surface area contributed by atoms with Crippen molar-refractivity contribution in [1.82, 2.24) is 51.4 Å².